The Labute approximate surface area is 261 Å². The summed E-state index contributed by atoms with van der Waals surface area (Å²) in [7, 11) is 0. The van der Waals surface area contributed by atoms with Gasteiger partial charge in [-0.1, -0.05) is 91.0 Å². The zero-order valence-corrected chi connectivity index (χ0v) is 25.2. The molecule has 3 heterocycles. The van der Waals surface area contributed by atoms with E-state index in [1.807, 2.05) is 128 Å². The Bertz CT molecular complexity index is 1980. The van der Waals surface area contributed by atoms with Gasteiger partial charge in [0.15, 0.2) is 11.6 Å². The molecule has 2 atom stereocenters. The molecular weight excluding hydrogens is 560 g/mol. The number of nitrogens with zero attached hydrogens (tertiary/aromatic N) is 4. The van der Waals surface area contributed by atoms with Crippen LogP contribution in [-0.2, 0) is 22.4 Å². The highest BCUT2D eigenvalue weighted by atomic mass is 16.2. The molecular formula is C37H34N6O2. The van der Waals surface area contributed by atoms with Crippen molar-refractivity contribution in [2.75, 3.05) is 4.90 Å². The minimum atomic E-state index is -0.799. The number of H-pyrrole nitrogens is 1. The topological polar surface area (TPSA) is 95.9 Å². The van der Waals surface area contributed by atoms with Gasteiger partial charge in [-0.15, -0.1) is 10.2 Å². The van der Waals surface area contributed by atoms with Crippen molar-refractivity contribution in [1.82, 2.24) is 25.1 Å². The molecule has 45 heavy (non-hydrogen) atoms. The minimum Gasteiger partial charge on any atom is -0.361 e. The average Bonchev–Trinajstić information content (AvgIpc) is 3.66. The number of benzene rings is 4. The summed E-state index contributed by atoms with van der Waals surface area (Å²) in [4.78, 5) is 34.3. The molecule has 7 rings (SSSR count). The molecule has 2 N–H and O–H groups in total. The van der Waals surface area contributed by atoms with Gasteiger partial charge in [-0.25, -0.2) is 0 Å². The van der Waals surface area contributed by atoms with Crippen molar-refractivity contribution in [3.63, 3.8) is 0 Å². The third-order valence-electron chi connectivity index (χ3n) is 8.37. The van der Waals surface area contributed by atoms with Gasteiger partial charge in [0.25, 0.3) is 0 Å². The van der Waals surface area contributed by atoms with Crippen LogP contribution in [0.1, 0.15) is 36.7 Å². The van der Waals surface area contributed by atoms with Crippen molar-refractivity contribution in [2.24, 2.45) is 0 Å². The Hall–Kier alpha value is -5.50. The lowest BCUT2D eigenvalue weighted by Crippen LogP contribution is -2.53. The summed E-state index contributed by atoms with van der Waals surface area (Å²) in [6.45, 7) is 3.87. The van der Waals surface area contributed by atoms with E-state index in [1.165, 1.54) is 0 Å². The highest BCUT2D eigenvalue weighted by Gasteiger charge is 2.42. The number of amides is 2. The van der Waals surface area contributed by atoms with Crippen LogP contribution in [0.5, 0.6) is 0 Å². The summed E-state index contributed by atoms with van der Waals surface area (Å²) in [5.41, 5.74) is 5.24. The summed E-state index contributed by atoms with van der Waals surface area (Å²) < 4.78 is 2.00. The molecule has 0 aliphatic carbocycles. The number of hydrogen-bond donors (Lipinski definition) is 2. The highest BCUT2D eigenvalue weighted by Crippen LogP contribution is 2.40. The fourth-order valence-corrected chi connectivity index (χ4v) is 6.33. The van der Waals surface area contributed by atoms with Crippen molar-refractivity contribution < 1.29 is 9.59 Å². The molecule has 0 spiro atoms. The number of carbonyl (C=O) groups is 2. The van der Waals surface area contributed by atoms with Crippen molar-refractivity contribution >= 4 is 28.4 Å². The first kappa shape index (κ1) is 28.3. The SMILES string of the molecule is CC(C)NC(=O)C(Cc1ccccc1)N1C(=O)C(Cc2c[nH]c3ccccc23)c2nnc(-c3ccccc3)n2-c2ccccc21. The lowest BCUT2D eigenvalue weighted by atomic mass is 9.94. The quantitative estimate of drug-likeness (QED) is 0.219. The molecule has 0 fully saturated rings. The first-order valence-electron chi connectivity index (χ1n) is 15.3. The van der Waals surface area contributed by atoms with Crippen molar-refractivity contribution in [3.05, 3.63) is 132 Å². The largest absolute Gasteiger partial charge is 0.361 e. The summed E-state index contributed by atoms with van der Waals surface area (Å²) in [5, 5.41) is 13.5. The number of carbonyl (C=O) groups excluding carboxylic acids is 2. The predicted molar refractivity (Wildman–Crippen MR) is 176 cm³/mol. The number of nitrogens with one attached hydrogen (secondary N) is 2. The number of aromatic nitrogens is 4. The molecule has 224 valence electrons. The van der Waals surface area contributed by atoms with Crippen LogP contribution in [0.2, 0.25) is 0 Å². The molecule has 1 aliphatic heterocycles. The van der Waals surface area contributed by atoms with Crippen LogP contribution in [0.25, 0.3) is 28.0 Å². The van der Waals surface area contributed by atoms with E-state index in [2.05, 4.69) is 21.5 Å². The van der Waals surface area contributed by atoms with Gasteiger partial charge in [-0.05, 0) is 49.6 Å². The lowest BCUT2D eigenvalue weighted by molar-refractivity contribution is -0.127. The smallest absolute Gasteiger partial charge is 0.243 e. The number of aromatic amines is 1. The van der Waals surface area contributed by atoms with Crippen molar-refractivity contribution in [2.45, 2.75) is 44.7 Å². The molecule has 8 heteroatoms. The fourth-order valence-electron chi connectivity index (χ4n) is 6.33. The van der Waals surface area contributed by atoms with Gasteiger partial charge >= 0.3 is 0 Å². The van der Waals surface area contributed by atoms with Crippen molar-refractivity contribution in [3.8, 4) is 17.1 Å². The Morgan fingerprint density at radius 3 is 2.27 bits per heavy atom. The van der Waals surface area contributed by atoms with Crippen LogP contribution < -0.4 is 10.2 Å². The Kier molecular flexibility index (Phi) is 7.47. The predicted octanol–water partition coefficient (Wildman–Crippen LogP) is 6.22. The van der Waals surface area contributed by atoms with Crippen LogP contribution in [0.4, 0.5) is 5.69 Å². The molecule has 2 amide bonds. The van der Waals surface area contributed by atoms with E-state index in [1.54, 1.807) is 4.90 Å². The monoisotopic (exact) mass is 594 g/mol. The molecule has 6 aromatic rings. The van der Waals surface area contributed by atoms with Gasteiger partial charge in [0.05, 0.1) is 11.4 Å². The van der Waals surface area contributed by atoms with Crippen LogP contribution in [0.15, 0.2) is 115 Å². The normalized spacial score (nSPS) is 15.0. The number of para-hydroxylation sites is 3. The molecule has 0 radical (unpaired) electrons. The maximum atomic E-state index is 15.2. The van der Waals surface area contributed by atoms with Gasteiger partial charge in [0.2, 0.25) is 11.8 Å². The fraction of sp³-hybridized carbons (Fsp3) is 0.189. The molecule has 2 aromatic heterocycles. The second-order valence-electron chi connectivity index (χ2n) is 11.8. The number of hydrogen-bond acceptors (Lipinski definition) is 4. The first-order valence-corrected chi connectivity index (χ1v) is 15.3. The number of fused-ring (bicyclic) bond motifs is 4. The van der Waals surface area contributed by atoms with Gasteiger partial charge in [-0.2, -0.15) is 0 Å². The highest BCUT2D eigenvalue weighted by molar-refractivity contribution is 6.06. The van der Waals surface area contributed by atoms with E-state index in [0.717, 1.165) is 33.3 Å². The van der Waals surface area contributed by atoms with E-state index in [0.29, 0.717) is 30.2 Å². The summed E-state index contributed by atoms with van der Waals surface area (Å²) in [6, 6.07) is 34.7. The van der Waals surface area contributed by atoms with E-state index in [9.17, 15) is 4.79 Å². The van der Waals surface area contributed by atoms with Gasteiger partial charge in [0.1, 0.15) is 12.0 Å². The van der Waals surface area contributed by atoms with E-state index < -0.39 is 12.0 Å². The maximum Gasteiger partial charge on any atom is 0.243 e. The Morgan fingerprint density at radius 2 is 1.51 bits per heavy atom. The Balaban J connectivity index is 1.45. The first-order chi connectivity index (χ1) is 22.0. The number of rotatable bonds is 8. The molecule has 0 saturated heterocycles. The summed E-state index contributed by atoms with van der Waals surface area (Å²) in [5.74, 6) is 0.0681. The third-order valence-corrected chi connectivity index (χ3v) is 8.37. The van der Waals surface area contributed by atoms with Crippen LogP contribution >= 0.6 is 0 Å². The molecule has 1 aliphatic rings. The molecule has 4 aromatic carbocycles. The Morgan fingerprint density at radius 1 is 0.844 bits per heavy atom. The van der Waals surface area contributed by atoms with Gasteiger partial charge in [0, 0.05) is 35.1 Å². The van der Waals surface area contributed by atoms with Crippen LogP contribution in [0.3, 0.4) is 0 Å². The number of anilines is 1. The van der Waals surface area contributed by atoms with E-state index in [-0.39, 0.29) is 17.9 Å². The van der Waals surface area contributed by atoms with Crippen LogP contribution in [0, 0.1) is 0 Å². The summed E-state index contributed by atoms with van der Waals surface area (Å²) >= 11 is 0. The second kappa shape index (κ2) is 11.9. The molecule has 8 nitrogen and oxygen atoms in total. The average molecular weight is 595 g/mol. The lowest BCUT2D eigenvalue weighted by Gasteiger charge is -2.33. The third kappa shape index (κ3) is 5.29. The molecule has 0 bridgehead atoms. The molecule has 2 unspecified atom stereocenters. The zero-order valence-electron chi connectivity index (χ0n) is 25.2. The van der Waals surface area contributed by atoms with Gasteiger partial charge < -0.3 is 10.3 Å². The maximum absolute atomic E-state index is 15.2. The minimum absolute atomic E-state index is 0.0977. The second-order valence-corrected chi connectivity index (χ2v) is 11.8. The van der Waals surface area contributed by atoms with Gasteiger partial charge in [-0.3, -0.25) is 19.1 Å². The molecule has 0 saturated carbocycles. The summed E-state index contributed by atoms with van der Waals surface area (Å²) in [6.07, 6.45) is 2.70. The van der Waals surface area contributed by atoms with Crippen molar-refractivity contribution in [1.29, 1.82) is 0 Å². The van der Waals surface area contributed by atoms with E-state index >= 15 is 4.79 Å². The zero-order chi connectivity index (χ0) is 30.9. The van der Waals surface area contributed by atoms with E-state index in [4.69, 9.17) is 5.10 Å². The van der Waals surface area contributed by atoms with Crippen LogP contribution in [-0.4, -0.2) is 43.6 Å². The standard InChI is InChI=1S/C37H34N6O2/c1-24(2)39-36(44)33(21-25-13-5-3-6-14-25)42-31-19-11-12-20-32(31)43-34(26-15-7-4-8-16-26)40-41-35(43)29(37(42)45)22-27-23-38-30-18-10-9-17-28(27)30/h3-20,23-24,29,33,38H,21-22H2,1-2H3,(H,39,44).